The number of nitrogens with one attached hydrogen (secondary N) is 1. The number of hydrogen-bond donors (Lipinski definition) is 1. The van der Waals surface area contributed by atoms with Crippen molar-refractivity contribution < 1.29 is 9.32 Å². The van der Waals surface area contributed by atoms with Gasteiger partial charge in [0.2, 0.25) is 5.76 Å². The molecule has 0 saturated carbocycles. The Bertz CT molecular complexity index is 362. The van der Waals surface area contributed by atoms with Crippen LogP contribution in [-0.2, 0) is 0 Å². The van der Waals surface area contributed by atoms with Crippen LogP contribution in [0.25, 0.3) is 0 Å². The molecular weight excluding hydrogens is 180 g/mol. The SMILES string of the molecule is C#CCC(C)NC(=O)c1cc(C)no1. The van der Waals surface area contributed by atoms with Gasteiger partial charge in [0.15, 0.2) is 0 Å². The highest BCUT2D eigenvalue weighted by Gasteiger charge is 2.13. The minimum Gasteiger partial charge on any atom is -0.351 e. The van der Waals surface area contributed by atoms with Crippen LogP contribution in [0.3, 0.4) is 0 Å². The molecule has 0 radical (unpaired) electrons. The minimum atomic E-state index is -0.284. The lowest BCUT2D eigenvalue weighted by Crippen LogP contribution is -2.31. The maximum absolute atomic E-state index is 11.4. The Morgan fingerprint density at radius 3 is 3.07 bits per heavy atom. The summed E-state index contributed by atoms with van der Waals surface area (Å²) in [5.74, 6) is 2.40. The molecule has 0 aliphatic rings. The van der Waals surface area contributed by atoms with E-state index in [1.807, 2.05) is 6.92 Å². The van der Waals surface area contributed by atoms with Crippen LogP contribution in [-0.4, -0.2) is 17.1 Å². The summed E-state index contributed by atoms with van der Waals surface area (Å²) >= 11 is 0. The monoisotopic (exact) mass is 192 g/mol. The molecule has 1 aromatic rings. The number of aromatic nitrogens is 1. The number of rotatable bonds is 3. The van der Waals surface area contributed by atoms with Crippen molar-refractivity contribution >= 4 is 5.91 Å². The summed E-state index contributed by atoms with van der Waals surface area (Å²) in [4.78, 5) is 11.4. The summed E-state index contributed by atoms with van der Waals surface area (Å²) in [5, 5.41) is 6.31. The quantitative estimate of drug-likeness (QED) is 0.730. The van der Waals surface area contributed by atoms with Gasteiger partial charge in [-0.2, -0.15) is 0 Å². The first-order valence-electron chi connectivity index (χ1n) is 4.31. The first-order valence-corrected chi connectivity index (χ1v) is 4.31. The largest absolute Gasteiger partial charge is 0.351 e. The third kappa shape index (κ3) is 2.63. The van der Waals surface area contributed by atoms with Crippen molar-refractivity contribution in [3.8, 4) is 12.3 Å². The van der Waals surface area contributed by atoms with Gasteiger partial charge < -0.3 is 9.84 Å². The fraction of sp³-hybridized carbons (Fsp3) is 0.400. The third-order valence-electron chi connectivity index (χ3n) is 1.65. The van der Waals surface area contributed by atoms with Crippen LogP contribution in [0.1, 0.15) is 29.6 Å². The second-order valence-corrected chi connectivity index (χ2v) is 3.12. The van der Waals surface area contributed by atoms with Gasteiger partial charge in [-0.3, -0.25) is 4.79 Å². The number of carbonyl (C=O) groups excluding carboxylic acids is 1. The molecule has 0 aromatic carbocycles. The van der Waals surface area contributed by atoms with Crippen LogP contribution in [0, 0.1) is 19.3 Å². The van der Waals surface area contributed by atoms with Gasteiger partial charge in [0.1, 0.15) is 0 Å². The van der Waals surface area contributed by atoms with E-state index < -0.39 is 0 Å². The molecule has 1 atom stereocenters. The average Bonchev–Trinajstić information content (AvgIpc) is 2.52. The molecule has 0 aliphatic heterocycles. The van der Waals surface area contributed by atoms with E-state index in [0.29, 0.717) is 12.1 Å². The maximum atomic E-state index is 11.4. The van der Waals surface area contributed by atoms with E-state index in [2.05, 4.69) is 16.4 Å². The van der Waals surface area contributed by atoms with Crippen LogP contribution in [0.2, 0.25) is 0 Å². The highest BCUT2D eigenvalue weighted by molar-refractivity contribution is 5.91. The molecule has 1 N–H and O–H groups in total. The van der Waals surface area contributed by atoms with Crippen molar-refractivity contribution in [2.75, 3.05) is 0 Å². The summed E-state index contributed by atoms with van der Waals surface area (Å²) in [6.45, 7) is 3.59. The first-order chi connectivity index (χ1) is 6.63. The Hall–Kier alpha value is -1.76. The minimum absolute atomic E-state index is 0.0575. The highest BCUT2D eigenvalue weighted by atomic mass is 16.5. The Kier molecular flexibility index (Phi) is 3.29. The number of amides is 1. The van der Waals surface area contributed by atoms with Gasteiger partial charge in [-0.25, -0.2) is 0 Å². The van der Waals surface area contributed by atoms with E-state index in [1.54, 1.807) is 13.0 Å². The molecule has 1 amide bonds. The second kappa shape index (κ2) is 4.47. The number of aryl methyl sites for hydroxylation is 1. The summed E-state index contributed by atoms with van der Waals surface area (Å²) in [5.41, 5.74) is 0.680. The van der Waals surface area contributed by atoms with E-state index >= 15 is 0 Å². The Labute approximate surface area is 82.7 Å². The molecule has 1 unspecified atom stereocenters. The van der Waals surface area contributed by atoms with Crippen molar-refractivity contribution in [3.05, 3.63) is 17.5 Å². The van der Waals surface area contributed by atoms with E-state index in [1.165, 1.54) is 0 Å². The molecule has 0 fully saturated rings. The van der Waals surface area contributed by atoms with Crippen molar-refractivity contribution in [2.45, 2.75) is 26.3 Å². The van der Waals surface area contributed by atoms with Gasteiger partial charge in [-0.05, 0) is 13.8 Å². The smallest absolute Gasteiger partial charge is 0.290 e. The van der Waals surface area contributed by atoms with E-state index in [9.17, 15) is 4.79 Å². The molecule has 4 nitrogen and oxygen atoms in total. The van der Waals surface area contributed by atoms with E-state index in [4.69, 9.17) is 10.9 Å². The van der Waals surface area contributed by atoms with Gasteiger partial charge in [0.25, 0.3) is 5.91 Å². The molecule has 74 valence electrons. The molecule has 0 aliphatic carbocycles. The third-order valence-corrected chi connectivity index (χ3v) is 1.65. The summed E-state index contributed by atoms with van der Waals surface area (Å²) in [7, 11) is 0. The van der Waals surface area contributed by atoms with E-state index in [-0.39, 0.29) is 17.7 Å². The Balaban J connectivity index is 2.55. The van der Waals surface area contributed by atoms with Crippen molar-refractivity contribution in [1.82, 2.24) is 10.5 Å². The highest BCUT2D eigenvalue weighted by Crippen LogP contribution is 2.02. The standard InChI is InChI=1S/C10H12N2O2/c1-4-5-7(2)11-10(13)9-6-8(3)12-14-9/h1,6-7H,5H2,2-3H3,(H,11,13). The van der Waals surface area contributed by atoms with Gasteiger partial charge in [-0.15, -0.1) is 12.3 Å². The van der Waals surface area contributed by atoms with Gasteiger partial charge in [-0.1, -0.05) is 5.16 Å². The second-order valence-electron chi connectivity index (χ2n) is 3.12. The maximum Gasteiger partial charge on any atom is 0.290 e. The number of carbonyl (C=O) groups is 1. The number of hydrogen-bond acceptors (Lipinski definition) is 3. The lowest BCUT2D eigenvalue weighted by Gasteiger charge is -2.08. The summed E-state index contributed by atoms with van der Waals surface area (Å²) in [6, 6.07) is 1.52. The molecule has 4 heteroatoms. The zero-order valence-electron chi connectivity index (χ0n) is 8.20. The zero-order valence-corrected chi connectivity index (χ0v) is 8.20. The topological polar surface area (TPSA) is 55.1 Å². The van der Waals surface area contributed by atoms with Crippen molar-refractivity contribution in [2.24, 2.45) is 0 Å². The van der Waals surface area contributed by atoms with Crippen LogP contribution in [0.15, 0.2) is 10.6 Å². The molecule has 1 heterocycles. The van der Waals surface area contributed by atoms with Crippen LogP contribution in [0.4, 0.5) is 0 Å². The fourth-order valence-electron chi connectivity index (χ4n) is 0.993. The molecule has 0 bridgehead atoms. The first kappa shape index (κ1) is 10.3. The van der Waals surface area contributed by atoms with Crippen LogP contribution >= 0.6 is 0 Å². The number of nitrogens with zero attached hydrogens (tertiary/aromatic N) is 1. The Morgan fingerprint density at radius 1 is 1.86 bits per heavy atom. The predicted octanol–water partition coefficient (Wildman–Crippen LogP) is 1.12. The fourth-order valence-corrected chi connectivity index (χ4v) is 0.993. The van der Waals surface area contributed by atoms with Crippen LogP contribution in [0.5, 0.6) is 0 Å². The van der Waals surface area contributed by atoms with Crippen LogP contribution < -0.4 is 5.32 Å². The van der Waals surface area contributed by atoms with Gasteiger partial charge in [0.05, 0.1) is 5.69 Å². The molecule has 1 rings (SSSR count). The summed E-state index contributed by atoms with van der Waals surface area (Å²) < 4.78 is 4.79. The molecule has 0 spiro atoms. The number of terminal acetylenes is 1. The normalized spacial score (nSPS) is 11.8. The lowest BCUT2D eigenvalue weighted by molar-refractivity contribution is 0.0903. The molecule has 14 heavy (non-hydrogen) atoms. The van der Waals surface area contributed by atoms with E-state index in [0.717, 1.165) is 0 Å². The molecule has 1 aromatic heterocycles. The Morgan fingerprint density at radius 2 is 2.57 bits per heavy atom. The van der Waals surface area contributed by atoms with Crippen molar-refractivity contribution in [3.63, 3.8) is 0 Å². The molecular formula is C10H12N2O2. The van der Waals surface area contributed by atoms with Crippen molar-refractivity contribution in [1.29, 1.82) is 0 Å². The zero-order chi connectivity index (χ0) is 10.6. The van der Waals surface area contributed by atoms with Gasteiger partial charge in [0, 0.05) is 18.5 Å². The predicted molar refractivity (Wildman–Crippen MR) is 51.6 cm³/mol. The average molecular weight is 192 g/mol. The molecule has 0 saturated heterocycles. The lowest BCUT2D eigenvalue weighted by atomic mass is 10.2. The van der Waals surface area contributed by atoms with Gasteiger partial charge >= 0.3 is 0 Å². The summed E-state index contributed by atoms with van der Waals surface area (Å²) in [6.07, 6.45) is 5.61.